The van der Waals surface area contributed by atoms with E-state index in [-0.39, 0.29) is 5.56 Å². The van der Waals surface area contributed by atoms with E-state index in [0.717, 1.165) is 5.56 Å². The van der Waals surface area contributed by atoms with Crippen molar-refractivity contribution in [3.63, 3.8) is 0 Å². The lowest BCUT2D eigenvalue weighted by Crippen LogP contribution is -2.10. The number of nitrogens with zero attached hydrogens (tertiary/aromatic N) is 2. The number of hydrazone groups is 1. The minimum Gasteiger partial charge on any atom is -0.490 e. The van der Waals surface area contributed by atoms with Gasteiger partial charge in [-0.15, -0.1) is 0 Å². The molecular formula is C16H20N4O3. The second-order valence-corrected chi connectivity index (χ2v) is 4.68. The summed E-state index contributed by atoms with van der Waals surface area (Å²) in [6, 6.07) is 6.95. The fraction of sp³-hybridized carbons (Fsp3) is 0.312. The predicted octanol–water partition coefficient (Wildman–Crippen LogP) is 2.32. The molecule has 0 amide bonds. The zero-order chi connectivity index (χ0) is 16.7. The van der Waals surface area contributed by atoms with Crippen LogP contribution in [0.25, 0.3) is 0 Å². The van der Waals surface area contributed by atoms with Crippen LogP contribution in [0.4, 0.5) is 5.95 Å². The third-order valence-corrected chi connectivity index (χ3v) is 2.82. The van der Waals surface area contributed by atoms with Gasteiger partial charge in [0.15, 0.2) is 11.5 Å². The molecule has 0 aliphatic rings. The summed E-state index contributed by atoms with van der Waals surface area (Å²) in [5.41, 5.74) is 3.92. The molecule has 7 nitrogen and oxygen atoms in total. The highest BCUT2D eigenvalue weighted by atomic mass is 16.5. The average Bonchev–Trinajstić information content (AvgIpc) is 2.49. The molecule has 2 rings (SSSR count). The Hall–Kier alpha value is -2.83. The Morgan fingerprint density at radius 3 is 2.65 bits per heavy atom. The van der Waals surface area contributed by atoms with Gasteiger partial charge in [-0.3, -0.25) is 9.78 Å². The van der Waals surface area contributed by atoms with Gasteiger partial charge in [0, 0.05) is 11.8 Å². The molecule has 2 N–H and O–H groups in total. The molecule has 1 heterocycles. The molecule has 0 bridgehead atoms. The van der Waals surface area contributed by atoms with Crippen molar-refractivity contribution >= 4 is 12.2 Å². The number of H-pyrrole nitrogens is 1. The van der Waals surface area contributed by atoms with E-state index < -0.39 is 0 Å². The van der Waals surface area contributed by atoms with Gasteiger partial charge >= 0.3 is 0 Å². The Labute approximate surface area is 134 Å². The number of rotatable bonds is 7. The van der Waals surface area contributed by atoms with Gasteiger partial charge in [-0.1, -0.05) is 0 Å². The largest absolute Gasteiger partial charge is 0.490 e. The van der Waals surface area contributed by atoms with E-state index in [0.29, 0.717) is 36.4 Å². The van der Waals surface area contributed by atoms with Crippen LogP contribution in [-0.2, 0) is 0 Å². The van der Waals surface area contributed by atoms with Gasteiger partial charge in [0.2, 0.25) is 5.95 Å². The van der Waals surface area contributed by atoms with Crippen molar-refractivity contribution in [1.82, 2.24) is 9.97 Å². The van der Waals surface area contributed by atoms with Crippen molar-refractivity contribution in [3.8, 4) is 11.5 Å². The number of hydrogen-bond donors (Lipinski definition) is 2. The van der Waals surface area contributed by atoms with Gasteiger partial charge in [0.25, 0.3) is 5.56 Å². The van der Waals surface area contributed by atoms with Crippen molar-refractivity contribution < 1.29 is 9.47 Å². The number of hydrogen-bond acceptors (Lipinski definition) is 6. The molecule has 0 aliphatic heterocycles. The maximum Gasteiger partial charge on any atom is 0.252 e. The summed E-state index contributed by atoms with van der Waals surface area (Å²) in [7, 11) is 0. The second-order valence-electron chi connectivity index (χ2n) is 4.68. The van der Waals surface area contributed by atoms with Crippen molar-refractivity contribution in [2.75, 3.05) is 18.6 Å². The standard InChI is InChI=1S/C16H20N4O3/c1-4-22-13-7-6-12(9-14(13)23-5-2)10-17-20-16-18-11(3)8-15(21)19-16/h6-10H,4-5H2,1-3H3,(H2,18,19,20,21)/b17-10+. The minimum atomic E-state index is -0.227. The SMILES string of the molecule is CCOc1ccc(/C=N/Nc2nc(C)cc(=O)[nH]2)cc1OCC. The molecule has 0 saturated carbocycles. The highest BCUT2D eigenvalue weighted by Crippen LogP contribution is 2.27. The molecule has 1 aromatic carbocycles. The second kappa shape index (κ2) is 7.98. The van der Waals surface area contributed by atoms with E-state index in [9.17, 15) is 4.79 Å². The van der Waals surface area contributed by atoms with Crippen LogP contribution >= 0.6 is 0 Å². The summed E-state index contributed by atoms with van der Waals surface area (Å²) in [4.78, 5) is 18.0. The molecule has 0 aliphatic carbocycles. The highest BCUT2D eigenvalue weighted by Gasteiger charge is 2.05. The lowest BCUT2D eigenvalue weighted by atomic mass is 10.2. The van der Waals surface area contributed by atoms with Gasteiger partial charge in [-0.2, -0.15) is 5.10 Å². The van der Waals surface area contributed by atoms with Gasteiger partial charge in [0.05, 0.1) is 19.4 Å². The number of anilines is 1. The summed E-state index contributed by atoms with van der Waals surface area (Å²) in [5.74, 6) is 1.66. The van der Waals surface area contributed by atoms with Crippen LogP contribution in [0, 0.1) is 6.92 Å². The normalized spacial score (nSPS) is 10.7. The van der Waals surface area contributed by atoms with Crippen molar-refractivity contribution in [1.29, 1.82) is 0 Å². The van der Waals surface area contributed by atoms with E-state index in [2.05, 4.69) is 20.5 Å². The highest BCUT2D eigenvalue weighted by molar-refractivity contribution is 5.81. The average molecular weight is 316 g/mol. The van der Waals surface area contributed by atoms with Gasteiger partial charge < -0.3 is 9.47 Å². The number of benzene rings is 1. The Morgan fingerprint density at radius 2 is 1.96 bits per heavy atom. The molecule has 2 aromatic rings. The summed E-state index contributed by atoms with van der Waals surface area (Å²) in [5, 5.41) is 4.07. The Kier molecular flexibility index (Phi) is 5.74. The van der Waals surface area contributed by atoms with Crippen LogP contribution in [0.3, 0.4) is 0 Å². The van der Waals surface area contributed by atoms with Crippen molar-refractivity contribution in [2.45, 2.75) is 20.8 Å². The lowest BCUT2D eigenvalue weighted by molar-refractivity contribution is 0.288. The van der Waals surface area contributed by atoms with Gasteiger partial charge in [-0.25, -0.2) is 10.4 Å². The maximum absolute atomic E-state index is 11.3. The fourth-order valence-corrected chi connectivity index (χ4v) is 1.95. The van der Waals surface area contributed by atoms with Crippen molar-refractivity contribution in [2.24, 2.45) is 5.10 Å². The number of aromatic nitrogens is 2. The molecule has 0 radical (unpaired) electrons. The fourth-order valence-electron chi connectivity index (χ4n) is 1.95. The van der Waals surface area contributed by atoms with E-state index in [1.165, 1.54) is 6.07 Å². The third-order valence-electron chi connectivity index (χ3n) is 2.82. The first kappa shape index (κ1) is 16.5. The van der Waals surface area contributed by atoms with Crippen LogP contribution in [0.15, 0.2) is 34.2 Å². The molecule has 0 unspecified atom stereocenters. The third kappa shape index (κ3) is 4.84. The van der Waals surface area contributed by atoms with E-state index in [4.69, 9.17) is 9.47 Å². The number of nitrogens with one attached hydrogen (secondary N) is 2. The summed E-state index contributed by atoms with van der Waals surface area (Å²) in [6.07, 6.45) is 1.61. The molecule has 1 aromatic heterocycles. The first-order valence-electron chi connectivity index (χ1n) is 7.39. The summed E-state index contributed by atoms with van der Waals surface area (Å²) >= 11 is 0. The smallest absolute Gasteiger partial charge is 0.252 e. The summed E-state index contributed by atoms with van der Waals surface area (Å²) in [6.45, 7) is 6.70. The lowest BCUT2D eigenvalue weighted by Gasteiger charge is -2.11. The molecule has 0 saturated heterocycles. The molecule has 7 heteroatoms. The maximum atomic E-state index is 11.3. The minimum absolute atomic E-state index is 0.227. The Morgan fingerprint density at radius 1 is 1.22 bits per heavy atom. The molecule has 122 valence electrons. The molecule has 0 atom stereocenters. The van der Waals surface area contributed by atoms with Gasteiger partial charge in [-0.05, 0) is 44.5 Å². The van der Waals surface area contributed by atoms with Gasteiger partial charge in [0.1, 0.15) is 0 Å². The molecule has 0 spiro atoms. The quantitative estimate of drug-likeness (QED) is 0.604. The van der Waals surface area contributed by atoms with Crippen molar-refractivity contribution in [3.05, 3.63) is 45.9 Å². The molecule has 23 heavy (non-hydrogen) atoms. The van der Waals surface area contributed by atoms with Crippen LogP contribution in [-0.4, -0.2) is 29.4 Å². The zero-order valence-electron chi connectivity index (χ0n) is 13.4. The van der Waals surface area contributed by atoms with E-state index >= 15 is 0 Å². The molecule has 0 fully saturated rings. The van der Waals surface area contributed by atoms with Crippen LogP contribution in [0.2, 0.25) is 0 Å². The first-order valence-corrected chi connectivity index (χ1v) is 7.39. The Bertz CT molecular complexity index is 740. The van der Waals surface area contributed by atoms with Crippen LogP contribution in [0.1, 0.15) is 25.1 Å². The monoisotopic (exact) mass is 316 g/mol. The zero-order valence-corrected chi connectivity index (χ0v) is 13.4. The Balaban J connectivity index is 2.12. The van der Waals surface area contributed by atoms with E-state index in [1.54, 1.807) is 13.1 Å². The molecular weight excluding hydrogens is 296 g/mol. The van der Waals surface area contributed by atoms with Crippen LogP contribution in [0.5, 0.6) is 11.5 Å². The van der Waals surface area contributed by atoms with Crippen LogP contribution < -0.4 is 20.5 Å². The number of aryl methyl sites for hydroxylation is 1. The summed E-state index contributed by atoms with van der Waals surface area (Å²) < 4.78 is 11.1. The first-order chi connectivity index (χ1) is 11.1. The number of ether oxygens (including phenoxy) is 2. The number of aromatic amines is 1. The predicted molar refractivity (Wildman–Crippen MR) is 89.6 cm³/mol. The van der Waals surface area contributed by atoms with E-state index in [1.807, 2.05) is 32.0 Å². The topological polar surface area (TPSA) is 88.6 Å².